The second-order valence-electron chi connectivity index (χ2n) is 6.11. The Bertz CT molecular complexity index is 790. The molecule has 0 unspecified atom stereocenters. The number of pyridine rings is 1. The fourth-order valence-corrected chi connectivity index (χ4v) is 2.97. The number of amidine groups is 1. The molecule has 8 nitrogen and oxygen atoms in total. The Balaban J connectivity index is 1.72. The quantitative estimate of drug-likeness (QED) is 0.413. The lowest BCUT2D eigenvalue weighted by Crippen LogP contribution is -2.38. The fourth-order valence-electron chi connectivity index (χ4n) is 2.97. The molecule has 8 heteroatoms. The molecule has 1 fully saturated rings. The first kappa shape index (κ1) is 17.7. The predicted octanol–water partition coefficient (Wildman–Crippen LogP) is 1.99. The molecule has 7 N–H and O–H groups in total. The number of amides is 2. The van der Waals surface area contributed by atoms with E-state index >= 15 is 0 Å². The topological polar surface area (TPSA) is 139 Å². The predicted molar refractivity (Wildman–Crippen MR) is 100.0 cm³/mol. The van der Waals surface area contributed by atoms with Crippen molar-refractivity contribution < 1.29 is 9.53 Å². The molecular weight excluding hydrogens is 332 g/mol. The maximum atomic E-state index is 12.5. The monoisotopic (exact) mass is 354 g/mol. The molecule has 2 atom stereocenters. The molecule has 1 aliphatic heterocycles. The van der Waals surface area contributed by atoms with E-state index in [9.17, 15) is 4.79 Å². The zero-order valence-corrected chi connectivity index (χ0v) is 14.2. The number of anilines is 2. The van der Waals surface area contributed by atoms with Gasteiger partial charge in [-0.2, -0.15) is 0 Å². The molecule has 3 rings (SSSR count). The Kier molecular flexibility index (Phi) is 5.33. The second-order valence-corrected chi connectivity index (χ2v) is 6.11. The van der Waals surface area contributed by atoms with Crippen molar-refractivity contribution in [3.8, 4) is 0 Å². The van der Waals surface area contributed by atoms with Gasteiger partial charge >= 0.3 is 6.03 Å². The van der Waals surface area contributed by atoms with Gasteiger partial charge in [-0.25, -0.2) is 9.78 Å². The molecule has 1 aliphatic rings. The Morgan fingerprint density at radius 2 is 2.12 bits per heavy atom. The third-order valence-electron chi connectivity index (χ3n) is 4.25. The van der Waals surface area contributed by atoms with Crippen molar-refractivity contribution in [2.75, 3.05) is 17.7 Å². The summed E-state index contributed by atoms with van der Waals surface area (Å²) >= 11 is 0. The van der Waals surface area contributed by atoms with Gasteiger partial charge < -0.3 is 21.5 Å². The van der Waals surface area contributed by atoms with Gasteiger partial charge in [-0.15, -0.1) is 0 Å². The third kappa shape index (κ3) is 4.09. The molecule has 0 aliphatic carbocycles. The number of hydrogen-bond donors (Lipinski definition) is 5. The number of benzene rings is 1. The van der Waals surface area contributed by atoms with Crippen LogP contribution >= 0.6 is 0 Å². The minimum Gasteiger partial charge on any atom is -0.398 e. The smallest absolute Gasteiger partial charge is 0.320 e. The highest BCUT2D eigenvalue weighted by molar-refractivity contribution is 6.00. The molecule has 0 spiro atoms. The van der Waals surface area contributed by atoms with E-state index in [-0.39, 0.29) is 29.5 Å². The summed E-state index contributed by atoms with van der Waals surface area (Å²) in [6, 6.07) is 10.5. The lowest BCUT2D eigenvalue weighted by molar-refractivity contribution is 0.0815. The molecule has 26 heavy (non-hydrogen) atoms. The van der Waals surface area contributed by atoms with Crippen LogP contribution in [0.2, 0.25) is 0 Å². The van der Waals surface area contributed by atoms with E-state index in [0.717, 1.165) is 18.4 Å². The molecule has 1 saturated heterocycles. The number of urea groups is 1. The van der Waals surface area contributed by atoms with Crippen molar-refractivity contribution in [3.05, 3.63) is 53.7 Å². The highest BCUT2D eigenvalue weighted by Crippen LogP contribution is 2.27. The van der Waals surface area contributed by atoms with Crippen LogP contribution in [0.1, 0.15) is 30.0 Å². The average molecular weight is 354 g/mol. The van der Waals surface area contributed by atoms with E-state index in [0.29, 0.717) is 12.2 Å². The van der Waals surface area contributed by atoms with E-state index in [4.69, 9.17) is 21.6 Å². The molecule has 1 aromatic carbocycles. The van der Waals surface area contributed by atoms with E-state index in [1.165, 1.54) is 12.3 Å². The summed E-state index contributed by atoms with van der Waals surface area (Å²) in [7, 11) is 0. The standard InChI is InChI=1S/C18H22N6O2/c19-13-9-15(22-10-12(13)17(20)21)23-18(25)24-16(14-7-4-8-26-14)11-5-2-1-3-6-11/h1-3,5-6,9-10,14,16H,4,7-8H2,(H3,20,21)(H4,19,22,23,24,25)/t14-,16-/m0/s1. The SMILES string of the molecule is N=C(N)c1cnc(NC(=O)N[C@@H](c2ccccc2)[C@@H]2CCCO2)cc1N. The number of ether oxygens (including phenoxy) is 1. The summed E-state index contributed by atoms with van der Waals surface area (Å²) in [6.45, 7) is 0.696. The molecule has 0 saturated carbocycles. The van der Waals surface area contributed by atoms with Crippen molar-refractivity contribution >= 4 is 23.4 Å². The largest absolute Gasteiger partial charge is 0.398 e. The van der Waals surface area contributed by atoms with Crippen molar-refractivity contribution in [3.63, 3.8) is 0 Å². The first-order chi connectivity index (χ1) is 12.5. The average Bonchev–Trinajstić information content (AvgIpc) is 3.14. The lowest BCUT2D eigenvalue weighted by Gasteiger charge is -2.24. The highest BCUT2D eigenvalue weighted by Gasteiger charge is 2.28. The van der Waals surface area contributed by atoms with Crippen LogP contribution in [-0.2, 0) is 4.74 Å². The number of nitrogen functional groups attached to an aromatic ring is 2. The van der Waals surface area contributed by atoms with Gasteiger partial charge in [0.1, 0.15) is 11.7 Å². The molecule has 2 amide bonds. The van der Waals surface area contributed by atoms with E-state index in [2.05, 4.69) is 15.6 Å². The zero-order valence-electron chi connectivity index (χ0n) is 14.2. The summed E-state index contributed by atoms with van der Waals surface area (Å²) in [5.74, 6) is 0.109. The Labute approximate surface area is 151 Å². The highest BCUT2D eigenvalue weighted by atomic mass is 16.5. The molecule has 1 aromatic heterocycles. The van der Waals surface area contributed by atoms with Gasteiger partial charge in [0.15, 0.2) is 0 Å². The van der Waals surface area contributed by atoms with Crippen molar-refractivity contribution in [1.29, 1.82) is 5.41 Å². The maximum Gasteiger partial charge on any atom is 0.320 e. The first-order valence-corrected chi connectivity index (χ1v) is 8.38. The van der Waals surface area contributed by atoms with Crippen molar-refractivity contribution in [2.24, 2.45) is 5.73 Å². The van der Waals surface area contributed by atoms with E-state index in [1.807, 2.05) is 30.3 Å². The summed E-state index contributed by atoms with van der Waals surface area (Å²) in [4.78, 5) is 16.5. The molecule has 136 valence electrons. The zero-order chi connectivity index (χ0) is 18.5. The van der Waals surface area contributed by atoms with Crippen molar-refractivity contribution in [2.45, 2.75) is 25.0 Å². The molecular formula is C18H22N6O2. The fraction of sp³-hybridized carbons (Fsp3) is 0.278. The Morgan fingerprint density at radius 1 is 1.35 bits per heavy atom. The Hall–Kier alpha value is -3.13. The van der Waals surface area contributed by atoms with Gasteiger partial charge in [-0.3, -0.25) is 10.7 Å². The summed E-state index contributed by atoms with van der Waals surface area (Å²) in [6.07, 6.45) is 3.16. The van der Waals surface area contributed by atoms with Crippen LogP contribution in [0.3, 0.4) is 0 Å². The third-order valence-corrected chi connectivity index (χ3v) is 4.25. The normalized spacial score (nSPS) is 17.5. The molecule has 2 aromatic rings. The number of aromatic nitrogens is 1. The van der Waals surface area contributed by atoms with Crippen LogP contribution < -0.4 is 22.1 Å². The number of nitrogens with zero attached hydrogens (tertiary/aromatic N) is 1. The minimum absolute atomic E-state index is 0.0683. The van der Waals surface area contributed by atoms with Crippen LogP contribution in [0, 0.1) is 5.41 Å². The summed E-state index contributed by atoms with van der Waals surface area (Å²) < 4.78 is 5.77. The van der Waals surface area contributed by atoms with Gasteiger partial charge in [-0.05, 0) is 18.4 Å². The number of hydrogen-bond acceptors (Lipinski definition) is 5. The van der Waals surface area contributed by atoms with Crippen LogP contribution in [0.4, 0.5) is 16.3 Å². The van der Waals surface area contributed by atoms with Crippen LogP contribution in [-0.4, -0.2) is 29.6 Å². The molecule has 2 heterocycles. The minimum atomic E-state index is -0.406. The van der Waals surface area contributed by atoms with Crippen LogP contribution in [0.5, 0.6) is 0 Å². The molecule has 0 bridgehead atoms. The van der Waals surface area contributed by atoms with Gasteiger partial charge in [0, 0.05) is 24.6 Å². The Morgan fingerprint density at radius 3 is 2.73 bits per heavy atom. The van der Waals surface area contributed by atoms with E-state index in [1.54, 1.807) is 0 Å². The number of rotatable bonds is 5. The number of nitrogens with two attached hydrogens (primary N) is 2. The first-order valence-electron chi connectivity index (χ1n) is 8.38. The number of carbonyl (C=O) groups excluding carboxylic acids is 1. The van der Waals surface area contributed by atoms with Gasteiger partial charge in [0.05, 0.1) is 17.7 Å². The second kappa shape index (κ2) is 7.83. The molecule has 0 radical (unpaired) electrons. The van der Waals surface area contributed by atoms with Crippen LogP contribution in [0.15, 0.2) is 42.6 Å². The van der Waals surface area contributed by atoms with Gasteiger partial charge in [-0.1, -0.05) is 30.3 Å². The van der Waals surface area contributed by atoms with Crippen molar-refractivity contribution in [1.82, 2.24) is 10.3 Å². The maximum absolute atomic E-state index is 12.5. The van der Waals surface area contributed by atoms with Gasteiger partial charge in [0.2, 0.25) is 0 Å². The summed E-state index contributed by atoms with van der Waals surface area (Å²) in [5.41, 5.74) is 12.8. The summed E-state index contributed by atoms with van der Waals surface area (Å²) in [5, 5.41) is 13.0. The number of carbonyl (C=O) groups is 1. The van der Waals surface area contributed by atoms with Gasteiger partial charge in [0.25, 0.3) is 0 Å². The van der Waals surface area contributed by atoms with E-state index < -0.39 is 6.03 Å². The number of nitrogens with one attached hydrogen (secondary N) is 3. The van der Waals surface area contributed by atoms with Crippen LogP contribution in [0.25, 0.3) is 0 Å². The lowest BCUT2D eigenvalue weighted by atomic mass is 9.99.